The van der Waals surface area contributed by atoms with E-state index in [1.165, 1.54) is 7.11 Å². The first-order chi connectivity index (χ1) is 11.5. The van der Waals surface area contributed by atoms with Gasteiger partial charge in [-0.3, -0.25) is 4.79 Å². The van der Waals surface area contributed by atoms with Crippen LogP contribution in [0, 0.1) is 0 Å². The molecule has 1 amide bonds. The van der Waals surface area contributed by atoms with E-state index < -0.39 is 0 Å². The molecule has 0 saturated heterocycles. The van der Waals surface area contributed by atoms with E-state index >= 15 is 0 Å². The number of rotatable bonds is 6. The first-order valence-electron chi connectivity index (χ1n) is 7.53. The van der Waals surface area contributed by atoms with Crippen LogP contribution in [0.2, 0.25) is 5.02 Å². The maximum absolute atomic E-state index is 12.5. The first kappa shape index (κ1) is 18.6. The van der Waals surface area contributed by atoms with Gasteiger partial charge in [0.15, 0.2) is 11.5 Å². The molecule has 2 rings (SSSR count). The van der Waals surface area contributed by atoms with E-state index in [0.717, 1.165) is 10.0 Å². The number of ether oxygens (including phenoxy) is 2. The van der Waals surface area contributed by atoms with Gasteiger partial charge in [0, 0.05) is 10.0 Å². The summed E-state index contributed by atoms with van der Waals surface area (Å²) >= 11 is 9.61. The molecule has 0 radical (unpaired) electrons. The van der Waals surface area contributed by atoms with Crippen LogP contribution in [0.25, 0.3) is 0 Å². The smallest absolute Gasteiger partial charge is 0.251 e. The van der Waals surface area contributed by atoms with Gasteiger partial charge in [0.2, 0.25) is 0 Å². The van der Waals surface area contributed by atoms with Crippen molar-refractivity contribution in [3.63, 3.8) is 0 Å². The average molecular weight is 413 g/mol. The van der Waals surface area contributed by atoms with E-state index in [1.54, 1.807) is 12.1 Å². The van der Waals surface area contributed by atoms with Gasteiger partial charge in [0.05, 0.1) is 24.8 Å². The minimum absolute atomic E-state index is 0.137. The Bertz CT molecular complexity index is 719. The van der Waals surface area contributed by atoms with Crippen molar-refractivity contribution in [3.8, 4) is 11.5 Å². The summed E-state index contributed by atoms with van der Waals surface area (Å²) in [4.78, 5) is 12.5. The molecule has 0 aliphatic carbocycles. The predicted octanol–water partition coefficient (Wildman–Crippen LogP) is 5.00. The molecule has 1 N–H and O–H groups in total. The molecule has 24 heavy (non-hydrogen) atoms. The maximum atomic E-state index is 12.5. The molecule has 1 atom stereocenters. The van der Waals surface area contributed by atoms with Gasteiger partial charge >= 0.3 is 0 Å². The van der Waals surface area contributed by atoms with Gasteiger partial charge in [-0.1, -0.05) is 39.7 Å². The van der Waals surface area contributed by atoms with Crippen LogP contribution >= 0.6 is 27.5 Å². The highest BCUT2D eigenvalue weighted by Gasteiger charge is 2.17. The minimum Gasteiger partial charge on any atom is -0.493 e. The monoisotopic (exact) mass is 411 g/mol. The molecule has 128 valence electrons. The van der Waals surface area contributed by atoms with E-state index in [0.29, 0.717) is 28.7 Å². The average Bonchev–Trinajstić information content (AvgIpc) is 2.57. The predicted molar refractivity (Wildman–Crippen MR) is 99.2 cm³/mol. The van der Waals surface area contributed by atoms with Crippen molar-refractivity contribution in [2.24, 2.45) is 0 Å². The van der Waals surface area contributed by atoms with Crippen LogP contribution in [-0.2, 0) is 0 Å². The molecule has 6 heteroatoms. The summed E-state index contributed by atoms with van der Waals surface area (Å²) < 4.78 is 11.7. The Morgan fingerprint density at radius 2 is 1.96 bits per heavy atom. The molecule has 1 unspecified atom stereocenters. The lowest BCUT2D eigenvalue weighted by Crippen LogP contribution is -2.26. The second-order valence-corrected chi connectivity index (χ2v) is 6.49. The highest BCUT2D eigenvalue weighted by atomic mass is 79.9. The fourth-order valence-corrected chi connectivity index (χ4v) is 2.78. The summed E-state index contributed by atoms with van der Waals surface area (Å²) in [6.45, 7) is 4.24. The third-order valence-corrected chi connectivity index (χ3v) is 4.31. The van der Waals surface area contributed by atoms with Gasteiger partial charge in [-0.15, -0.1) is 0 Å². The topological polar surface area (TPSA) is 47.6 Å². The van der Waals surface area contributed by atoms with Crippen molar-refractivity contribution >= 4 is 33.4 Å². The molecule has 2 aromatic carbocycles. The number of hydrogen-bond donors (Lipinski definition) is 1. The number of carbonyl (C=O) groups is 1. The molecular weight excluding hydrogens is 394 g/mol. The quantitative estimate of drug-likeness (QED) is 0.726. The zero-order valence-corrected chi connectivity index (χ0v) is 16.1. The fourth-order valence-electron chi connectivity index (χ4n) is 2.25. The Morgan fingerprint density at radius 3 is 2.54 bits per heavy atom. The van der Waals surface area contributed by atoms with E-state index in [9.17, 15) is 4.79 Å². The summed E-state index contributed by atoms with van der Waals surface area (Å²) in [6, 6.07) is 10.9. The van der Waals surface area contributed by atoms with Crippen LogP contribution in [-0.4, -0.2) is 19.6 Å². The lowest BCUT2D eigenvalue weighted by Gasteiger charge is -2.16. The van der Waals surface area contributed by atoms with Gasteiger partial charge in [-0.2, -0.15) is 0 Å². The first-order valence-corrected chi connectivity index (χ1v) is 8.70. The van der Waals surface area contributed by atoms with Crippen LogP contribution < -0.4 is 14.8 Å². The zero-order chi connectivity index (χ0) is 17.7. The summed E-state index contributed by atoms with van der Waals surface area (Å²) in [5.41, 5.74) is 1.43. The maximum Gasteiger partial charge on any atom is 0.251 e. The van der Waals surface area contributed by atoms with E-state index in [2.05, 4.69) is 21.2 Å². The van der Waals surface area contributed by atoms with Crippen LogP contribution in [0.4, 0.5) is 0 Å². The number of benzene rings is 2. The molecule has 4 nitrogen and oxygen atoms in total. The Labute approximate surface area is 155 Å². The number of carbonyl (C=O) groups excluding carboxylic acids is 1. The van der Waals surface area contributed by atoms with Crippen LogP contribution in [0.5, 0.6) is 11.5 Å². The molecular formula is C18H19BrClNO3. The highest BCUT2D eigenvalue weighted by molar-refractivity contribution is 9.10. The lowest BCUT2D eigenvalue weighted by atomic mass is 10.1. The second-order valence-electron chi connectivity index (χ2n) is 5.17. The largest absolute Gasteiger partial charge is 0.493 e. The second kappa shape index (κ2) is 8.40. The molecule has 0 spiro atoms. The summed E-state index contributed by atoms with van der Waals surface area (Å²) in [7, 11) is 1.51. The van der Waals surface area contributed by atoms with Crippen molar-refractivity contribution in [2.45, 2.75) is 19.9 Å². The number of hydrogen-bond acceptors (Lipinski definition) is 3. The van der Waals surface area contributed by atoms with Gasteiger partial charge in [-0.25, -0.2) is 0 Å². The number of methoxy groups -OCH3 is 1. The third-order valence-electron chi connectivity index (χ3n) is 3.50. The van der Waals surface area contributed by atoms with Crippen LogP contribution in [0.15, 0.2) is 40.9 Å². The molecule has 0 fully saturated rings. The molecule has 0 heterocycles. The third kappa shape index (κ3) is 4.42. The highest BCUT2D eigenvalue weighted by Crippen LogP contribution is 2.36. The normalized spacial score (nSPS) is 11.7. The summed E-state index contributed by atoms with van der Waals surface area (Å²) in [5.74, 6) is 0.652. The van der Waals surface area contributed by atoms with Crippen molar-refractivity contribution in [3.05, 3.63) is 57.0 Å². The van der Waals surface area contributed by atoms with Gasteiger partial charge < -0.3 is 14.8 Å². The van der Waals surface area contributed by atoms with Crippen LogP contribution in [0.3, 0.4) is 0 Å². The van der Waals surface area contributed by atoms with Gasteiger partial charge in [0.1, 0.15) is 0 Å². The molecule has 0 saturated carbocycles. The van der Waals surface area contributed by atoms with Gasteiger partial charge in [-0.05, 0) is 43.7 Å². The molecule has 0 aromatic heterocycles. The molecule has 2 aromatic rings. The summed E-state index contributed by atoms with van der Waals surface area (Å²) in [6.07, 6.45) is 0. The molecule has 0 aliphatic rings. The van der Waals surface area contributed by atoms with Crippen molar-refractivity contribution < 1.29 is 14.3 Å². The molecule has 0 bridgehead atoms. The van der Waals surface area contributed by atoms with E-state index in [-0.39, 0.29) is 11.9 Å². The SMILES string of the molecule is CCOc1c(Cl)cc(C(=O)NC(C)c2ccc(Br)cc2)cc1OC. The minimum atomic E-state index is -0.228. The van der Waals surface area contributed by atoms with Gasteiger partial charge in [0.25, 0.3) is 5.91 Å². The Hall–Kier alpha value is -1.72. The Balaban J connectivity index is 2.20. The number of nitrogens with one attached hydrogen (secondary N) is 1. The number of amides is 1. The Morgan fingerprint density at radius 1 is 1.29 bits per heavy atom. The van der Waals surface area contributed by atoms with E-state index in [1.807, 2.05) is 38.1 Å². The number of halogens is 2. The lowest BCUT2D eigenvalue weighted by molar-refractivity contribution is 0.0939. The molecule has 0 aliphatic heterocycles. The van der Waals surface area contributed by atoms with Crippen molar-refractivity contribution in [2.75, 3.05) is 13.7 Å². The zero-order valence-electron chi connectivity index (χ0n) is 13.7. The Kier molecular flexibility index (Phi) is 6.52. The standard InChI is InChI=1S/C18H19BrClNO3/c1-4-24-17-15(20)9-13(10-16(17)23-3)18(22)21-11(2)12-5-7-14(19)8-6-12/h5-11H,4H2,1-3H3,(H,21,22). The fraction of sp³-hybridized carbons (Fsp3) is 0.278. The summed E-state index contributed by atoms with van der Waals surface area (Å²) in [5, 5.41) is 3.30. The van der Waals surface area contributed by atoms with E-state index in [4.69, 9.17) is 21.1 Å². The van der Waals surface area contributed by atoms with Crippen molar-refractivity contribution in [1.29, 1.82) is 0 Å². The van der Waals surface area contributed by atoms with Crippen molar-refractivity contribution in [1.82, 2.24) is 5.32 Å². The van der Waals surface area contributed by atoms with Crippen LogP contribution in [0.1, 0.15) is 35.8 Å².